The lowest BCUT2D eigenvalue weighted by Crippen LogP contribution is -2.23. The van der Waals surface area contributed by atoms with Gasteiger partial charge in [-0.1, -0.05) is 13.0 Å². The molecule has 0 saturated carbocycles. The zero-order chi connectivity index (χ0) is 13.5. The molecule has 3 nitrogen and oxygen atoms in total. The number of pyridine rings is 1. The molecule has 2 heterocycles. The summed E-state index contributed by atoms with van der Waals surface area (Å²) in [7, 11) is 0. The Morgan fingerprint density at radius 2 is 2.37 bits per heavy atom. The molecule has 106 valence electrons. The van der Waals surface area contributed by atoms with Crippen molar-refractivity contribution in [3.8, 4) is 0 Å². The molecule has 0 bridgehead atoms. The summed E-state index contributed by atoms with van der Waals surface area (Å²) in [5.74, 6) is 0. The first-order chi connectivity index (χ1) is 9.29. The minimum absolute atomic E-state index is 0.413. The van der Waals surface area contributed by atoms with Crippen LogP contribution in [-0.2, 0) is 4.74 Å². The van der Waals surface area contributed by atoms with E-state index >= 15 is 0 Å². The third kappa shape index (κ3) is 4.59. The van der Waals surface area contributed by atoms with Crippen molar-refractivity contribution in [3.05, 3.63) is 29.6 Å². The van der Waals surface area contributed by atoms with E-state index in [0.717, 1.165) is 32.4 Å². The van der Waals surface area contributed by atoms with E-state index in [0.29, 0.717) is 12.1 Å². The Bertz CT molecular complexity index is 375. The molecule has 1 aliphatic rings. The monoisotopic (exact) mass is 262 g/mol. The van der Waals surface area contributed by atoms with Crippen LogP contribution in [0.3, 0.4) is 0 Å². The van der Waals surface area contributed by atoms with E-state index in [1.165, 1.54) is 24.0 Å². The highest BCUT2D eigenvalue weighted by Crippen LogP contribution is 2.24. The molecule has 2 rings (SSSR count). The van der Waals surface area contributed by atoms with E-state index in [4.69, 9.17) is 4.74 Å². The number of aromatic nitrogens is 1. The van der Waals surface area contributed by atoms with Gasteiger partial charge in [-0.3, -0.25) is 4.98 Å². The van der Waals surface area contributed by atoms with Gasteiger partial charge in [-0.15, -0.1) is 0 Å². The van der Waals surface area contributed by atoms with Crippen LogP contribution in [0.4, 0.5) is 0 Å². The van der Waals surface area contributed by atoms with Gasteiger partial charge in [0.2, 0.25) is 0 Å². The number of hydrogen-bond donors (Lipinski definition) is 1. The number of aryl methyl sites for hydroxylation is 1. The highest BCUT2D eigenvalue weighted by molar-refractivity contribution is 5.20. The predicted molar refractivity (Wildman–Crippen MR) is 78.2 cm³/mol. The highest BCUT2D eigenvalue weighted by atomic mass is 16.5. The molecule has 1 saturated heterocycles. The molecule has 0 aromatic carbocycles. The van der Waals surface area contributed by atoms with Gasteiger partial charge >= 0.3 is 0 Å². The molecule has 1 aliphatic heterocycles. The third-order valence-electron chi connectivity index (χ3n) is 3.74. The highest BCUT2D eigenvalue weighted by Gasteiger charge is 2.18. The molecule has 1 aromatic rings. The van der Waals surface area contributed by atoms with Crippen molar-refractivity contribution in [1.82, 2.24) is 10.3 Å². The summed E-state index contributed by atoms with van der Waals surface area (Å²) < 4.78 is 5.72. The molecular formula is C16H26N2O. The lowest BCUT2D eigenvalue weighted by Gasteiger charge is -2.20. The Hall–Kier alpha value is -0.930. The number of hydrogen-bond acceptors (Lipinski definition) is 3. The van der Waals surface area contributed by atoms with Crippen LogP contribution in [0, 0.1) is 6.92 Å². The summed E-state index contributed by atoms with van der Waals surface area (Å²) in [4.78, 5) is 4.32. The summed E-state index contributed by atoms with van der Waals surface area (Å²) in [6.07, 6.45) is 10.3. The average Bonchev–Trinajstić information content (AvgIpc) is 2.92. The lowest BCUT2D eigenvalue weighted by molar-refractivity contribution is 0.0996. The van der Waals surface area contributed by atoms with E-state index in [1.807, 2.05) is 12.4 Å². The van der Waals surface area contributed by atoms with E-state index in [-0.39, 0.29) is 0 Å². The van der Waals surface area contributed by atoms with Crippen LogP contribution >= 0.6 is 0 Å². The molecule has 0 radical (unpaired) electrons. The van der Waals surface area contributed by atoms with Gasteiger partial charge in [-0.25, -0.2) is 0 Å². The van der Waals surface area contributed by atoms with Crippen molar-refractivity contribution < 1.29 is 4.74 Å². The Morgan fingerprint density at radius 1 is 1.47 bits per heavy atom. The van der Waals surface area contributed by atoms with Crippen LogP contribution in [-0.4, -0.2) is 24.2 Å². The minimum atomic E-state index is 0.413. The topological polar surface area (TPSA) is 34.1 Å². The van der Waals surface area contributed by atoms with Crippen molar-refractivity contribution in [2.24, 2.45) is 0 Å². The number of nitrogens with one attached hydrogen (secondary N) is 1. The SMILES string of the molecule is CCCNC(CCC1CCCO1)c1cncc(C)c1. The smallest absolute Gasteiger partial charge is 0.0576 e. The second-order valence-electron chi connectivity index (χ2n) is 5.51. The van der Waals surface area contributed by atoms with Crippen LogP contribution in [0.5, 0.6) is 0 Å². The summed E-state index contributed by atoms with van der Waals surface area (Å²) in [6, 6.07) is 2.66. The van der Waals surface area contributed by atoms with Crippen LogP contribution in [0.2, 0.25) is 0 Å². The van der Waals surface area contributed by atoms with Gasteiger partial charge in [0.1, 0.15) is 0 Å². The van der Waals surface area contributed by atoms with Gasteiger partial charge in [0.05, 0.1) is 6.10 Å². The number of ether oxygens (including phenoxy) is 1. The molecule has 0 spiro atoms. The Morgan fingerprint density at radius 3 is 3.05 bits per heavy atom. The first-order valence-electron chi connectivity index (χ1n) is 7.56. The molecule has 2 atom stereocenters. The molecule has 0 amide bonds. The van der Waals surface area contributed by atoms with Crippen molar-refractivity contribution in [2.75, 3.05) is 13.2 Å². The minimum Gasteiger partial charge on any atom is -0.378 e. The standard InChI is InChI=1S/C16H26N2O/c1-3-8-18-16(7-6-15-5-4-9-19-15)14-10-13(2)11-17-12-14/h10-12,15-16,18H,3-9H2,1-2H3. The lowest BCUT2D eigenvalue weighted by atomic mass is 9.99. The summed E-state index contributed by atoms with van der Waals surface area (Å²) in [6.45, 7) is 6.32. The van der Waals surface area contributed by atoms with E-state index < -0.39 is 0 Å². The van der Waals surface area contributed by atoms with Crippen molar-refractivity contribution in [3.63, 3.8) is 0 Å². The van der Waals surface area contributed by atoms with E-state index in [1.54, 1.807) is 0 Å². The van der Waals surface area contributed by atoms with Crippen LogP contribution in [0.1, 0.15) is 56.2 Å². The first-order valence-corrected chi connectivity index (χ1v) is 7.56. The Kier molecular flexibility index (Phi) is 5.80. The molecule has 1 fully saturated rings. The van der Waals surface area contributed by atoms with Gasteiger partial charge in [-0.2, -0.15) is 0 Å². The third-order valence-corrected chi connectivity index (χ3v) is 3.74. The fraction of sp³-hybridized carbons (Fsp3) is 0.688. The van der Waals surface area contributed by atoms with Gasteiger partial charge < -0.3 is 10.1 Å². The Labute approximate surface area is 116 Å². The maximum atomic E-state index is 5.72. The Balaban J connectivity index is 1.94. The molecule has 2 unspecified atom stereocenters. The summed E-state index contributed by atoms with van der Waals surface area (Å²) >= 11 is 0. The summed E-state index contributed by atoms with van der Waals surface area (Å²) in [5.41, 5.74) is 2.55. The maximum absolute atomic E-state index is 5.72. The fourth-order valence-corrected chi connectivity index (χ4v) is 2.70. The molecule has 3 heteroatoms. The molecule has 19 heavy (non-hydrogen) atoms. The van der Waals surface area contributed by atoms with Crippen molar-refractivity contribution in [1.29, 1.82) is 0 Å². The second-order valence-corrected chi connectivity index (χ2v) is 5.51. The fourth-order valence-electron chi connectivity index (χ4n) is 2.70. The molecular weight excluding hydrogens is 236 g/mol. The average molecular weight is 262 g/mol. The number of nitrogens with zero attached hydrogens (tertiary/aromatic N) is 1. The zero-order valence-electron chi connectivity index (χ0n) is 12.2. The normalized spacial score (nSPS) is 20.6. The molecule has 0 aliphatic carbocycles. The maximum Gasteiger partial charge on any atom is 0.0576 e. The molecule has 1 N–H and O–H groups in total. The van der Waals surface area contributed by atoms with E-state index in [9.17, 15) is 0 Å². The largest absolute Gasteiger partial charge is 0.378 e. The van der Waals surface area contributed by atoms with Gasteiger partial charge in [-0.05, 0) is 56.7 Å². The molecule has 1 aromatic heterocycles. The van der Waals surface area contributed by atoms with Crippen LogP contribution < -0.4 is 5.32 Å². The van der Waals surface area contributed by atoms with E-state index in [2.05, 4.69) is 30.2 Å². The van der Waals surface area contributed by atoms with Gasteiger partial charge in [0.25, 0.3) is 0 Å². The summed E-state index contributed by atoms with van der Waals surface area (Å²) in [5, 5.41) is 3.64. The predicted octanol–water partition coefficient (Wildman–Crippen LogP) is 3.39. The number of rotatable bonds is 7. The van der Waals surface area contributed by atoms with Gasteiger partial charge in [0.15, 0.2) is 0 Å². The van der Waals surface area contributed by atoms with Gasteiger partial charge in [0, 0.05) is 25.0 Å². The quantitative estimate of drug-likeness (QED) is 0.818. The van der Waals surface area contributed by atoms with Crippen LogP contribution in [0.25, 0.3) is 0 Å². The first kappa shape index (κ1) is 14.5. The zero-order valence-corrected chi connectivity index (χ0v) is 12.2. The van der Waals surface area contributed by atoms with Crippen LogP contribution in [0.15, 0.2) is 18.5 Å². The second kappa shape index (κ2) is 7.61. The van der Waals surface area contributed by atoms with Crippen molar-refractivity contribution >= 4 is 0 Å². The van der Waals surface area contributed by atoms with Crippen molar-refractivity contribution in [2.45, 2.75) is 58.1 Å².